The Hall–Kier alpha value is -2.76. The zero-order valence-corrected chi connectivity index (χ0v) is 19.4. The highest BCUT2D eigenvalue weighted by Gasteiger charge is 2.25. The van der Waals surface area contributed by atoms with E-state index in [2.05, 4.69) is 57.4 Å². The Kier molecular flexibility index (Phi) is 7.08. The summed E-state index contributed by atoms with van der Waals surface area (Å²) in [6.07, 6.45) is 3.80. The van der Waals surface area contributed by atoms with Crippen molar-refractivity contribution in [1.82, 2.24) is 15.5 Å². The molecule has 31 heavy (non-hydrogen) atoms. The molecule has 0 atom stereocenters. The van der Waals surface area contributed by atoms with Crippen molar-refractivity contribution < 1.29 is 14.0 Å². The van der Waals surface area contributed by atoms with Crippen molar-refractivity contribution in [3.8, 4) is 0 Å². The molecule has 0 spiro atoms. The number of likely N-dealkylation sites (tertiary alicyclic amines) is 1. The fraction of sp³-hybridized carbons (Fsp3) is 0.520. The fourth-order valence-corrected chi connectivity index (χ4v) is 4.14. The molecule has 1 aliphatic heterocycles. The lowest BCUT2D eigenvalue weighted by atomic mass is 9.83. The summed E-state index contributed by atoms with van der Waals surface area (Å²) in [5, 5.41) is 6.03. The first kappa shape index (κ1) is 22.9. The molecule has 0 bridgehead atoms. The summed E-state index contributed by atoms with van der Waals surface area (Å²) in [7, 11) is 0. The SMILES string of the molecule is Cc1cc(C(C)(C)C)cc(C)c1CCNC(=O)NC1CCN(C(=O)c2ccco2)CC1. The highest BCUT2D eigenvalue weighted by molar-refractivity contribution is 5.91. The Morgan fingerprint density at radius 2 is 1.77 bits per heavy atom. The third-order valence-corrected chi connectivity index (χ3v) is 6.07. The van der Waals surface area contributed by atoms with Gasteiger partial charge in [0.05, 0.1) is 6.26 Å². The van der Waals surface area contributed by atoms with Crippen LogP contribution in [0.2, 0.25) is 0 Å². The Bertz CT molecular complexity index is 882. The molecule has 6 heteroatoms. The number of furan rings is 1. The quantitative estimate of drug-likeness (QED) is 0.748. The van der Waals surface area contributed by atoms with E-state index in [1.165, 1.54) is 28.5 Å². The van der Waals surface area contributed by atoms with Crippen molar-refractivity contribution in [2.24, 2.45) is 0 Å². The highest BCUT2D eigenvalue weighted by atomic mass is 16.3. The minimum atomic E-state index is -0.141. The van der Waals surface area contributed by atoms with Crippen LogP contribution in [0.3, 0.4) is 0 Å². The molecule has 6 nitrogen and oxygen atoms in total. The van der Waals surface area contributed by atoms with Crippen molar-refractivity contribution in [3.05, 3.63) is 58.5 Å². The average molecular weight is 426 g/mol. The summed E-state index contributed by atoms with van der Waals surface area (Å²) < 4.78 is 5.19. The summed E-state index contributed by atoms with van der Waals surface area (Å²) in [5.41, 5.74) is 5.33. The first-order valence-electron chi connectivity index (χ1n) is 11.1. The lowest BCUT2D eigenvalue weighted by molar-refractivity contribution is 0.0676. The predicted octanol–water partition coefficient (Wildman–Crippen LogP) is 4.34. The first-order chi connectivity index (χ1) is 14.6. The van der Waals surface area contributed by atoms with E-state index >= 15 is 0 Å². The molecular weight excluding hydrogens is 390 g/mol. The molecule has 2 N–H and O–H groups in total. The van der Waals surface area contributed by atoms with Crippen LogP contribution < -0.4 is 10.6 Å². The molecular formula is C25H35N3O3. The summed E-state index contributed by atoms with van der Waals surface area (Å²) in [5.74, 6) is 0.279. The zero-order valence-electron chi connectivity index (χ0n) is 19.4. The Morgan fingerprint density at radius 3 is 2.32 bits per heavy atom. The second-order valence-corrected chi connectivity index (χ2v) is 9.53. The van der Waals surface area contributed by atoms with Gasteiger partial charge in [0.2, 0.25) is 0 Å². The summed E-state index contributed by atoms with van der Waals surface area (Å²) in [4.78, 5) is 26.4. The molecule has 1 aromatic heterocycles. The second-order valence-electron chi connectivity index (χ2n) is 9.53. The number of nitrogens with one attached hydrogen (secondary N) is 2. The number of aryl methyl sites for hydroxylation is 2. The van der Waals surface area contributed by atoms with E-state index in [0.717, 1.165) is 19.3 Å². The summed E-state index contributed by atoms with van der Waals surface area (Å²) >= 11 is 0. The van der Waals surface area contributed by atoms with Crippen LogP contribution in [-0.4, -0.2) is 42.5 Å². The van der Waals surface area contributed by atoms with Crippen LogP contribution in [0.15, 0.2) is 34.9 Å². The van der Waals surface area contributed by atoms with Gasteiger partial charge in [-0.25, -0.2) is 4.79 Å². The topological polar surface area (TPSA) is 74.6 Å². The smallest absolute Gasteiger partial charge is 0.315 e. The van der Waals surface area contributed by atoms with Gasteiger partial charge in [-0.1, -0.05) is 32.9 Å². The van der Waals surface area contributed by atoms with Crippen LogP contribution in [0.1, 0.15) is 66.4 Å². The molecule has 168 valence electrons. The van der Waals surface area contributed by atoms with Crippen molar-refractivity contribution in [3.63, 3.8) is 0 Å². The maximum Gasteiger partial charge on any atom is 0.315 e. The molecule has 2 heterocycles. The standard InChI is InChI=1S/C25H35N3O3/c1-17-15-19(25(3,4)5)16-18(2)21(17)8-11-26-24(30)27-20-9-12-28(13-10-20)23(29)22-7-6-14-31-22/h6-7,14-16,20H,8-13H2,1-5H3,(H2,26,27,30). The van der Waals surface area contributed by atoms with Gasteiger partial charge in [-0.05, 0) is 72.9 Å². The lowest BCUT2D eigenvalue weighted by Gasteiger charge is -2.31. The summed E-state index contributed by atoms with van der Waals surface area (Å²) in [6, 6.07) is 7.86. The maximum atomic E-state index is 12.3. The van der Waals surface area contributed by atoms with Gasteiger partial charge in [-0.2, -0.15) is 0 Å². The van der Waals surface area contributed by atoms with Gasteiger partial charge in [0.25, 0.3) is 5.91 Å². The molecule has 2 aromatic rings. The van der Waals surface area contributed by atoms with Crippen molar-refractivity contribution in [2.75, 3.05) is 19.6 Å². The van der Waals surface area contributed by atoms with Crippen LogP contribution >= 0.6 is 0 Å². The van der Waals surface area contributed by atoms with E-state index in [0.29, 0.717) is 25.4 Å². The molecule has 3 amide bonds. The Balaban J connectivity index is 1.43. The maximum absolute atomic E-state index is 12.3. The Morgan fingerprint density at radius 1 is 1.13 bits per heavy atom. The molecule has 1 aliphatic rings. The number of amides is 3. The largest absolute Gasteiger partial charge is 0.459 e. The predicted molar refractivity (Wildman–Crippen MR) is 122 cm³/mol. The zero-order chi connectivity index (χ0) is 22.6. The monoisotopic (exact) mass is 425 g/mol. The van der Waals surface area contributed by atoms with Crippen LogP contribution in [0, 0.1) is 13.8 Å². The van der Waals surface area contributed by atoms with Crippen LogP contribution in [0.25, 0.3) is 0 Å². The number of nitrogens with zero attached hydrogens (tertiary/aromatic N) is 1. The van der Waals surface area contributed by atoms with Gasteiger partial charge >= 0.3 is 6.03 Å². The van der Waals surface area contributed by atoms with E-state index in [4.69, 9.17) is 4.42 Å². The molecule has 0 aliphatic carbocycles. The summed E-state index contributed by atoms with van der Waals surface area (Å²) in [6.45, 7) is 12.8. The highest BCUT2D eigenvalue weighted by Crippen LogP contribution is 2.27. The number of benzene rings is 1. The van der Waals surface area contributed by atoms with Crippen molar-refractivity contribution >= 4 is 11.9 Å². The molecule has 1 saturated heterocycles. The van der Waals surface area contributed by atoms with E-state index in [-0.39, 0.29) is 23.4 Å². The van der Waals surface area contributed by atoms with Gasteiger partial charge in [0.15, 0.2) is 5.76 Å². The van der Waals surface area contributed by atoms with Crippen LogP contribution in [0.4, 0.5) is 4.79 Å². The van der Waals surface area contributed by atoms with Gasteiger partial charge in [0.1, 0.15) is 0 Å². The number of rotatable bonds is 5. The third-order valence-electron chi connectivity index (χ3n) is 6.07. The molecule has 3 rings (SSSR count). The molecule has 0 radical (unpaired) electrons. The molecule has 1 aromatic carbocycles. The van der Waals surface area contributed by atoms with E-state index < -0.39 is 0 Å². The Labute approximate surface area is 185 Å². The molecule has 1 fully saturated rings. The normalized spacial score (nSPS) is 15.1. The minimum absolute atomic E-state index is 0.0789. The van der Waals surface area contributed by atoms with Crippen LogP contribution in [-0.2, 0) is 11.8 Å². The van der Waals surface area contributed by atoms with Gasteiger partial charge in [-0.15, -0.1) is 0 Å². The number of piperidine rings is 1. The van der Waals surface area contributed by atoms with Crippen LogP contribution in [0.5, 0.6) is 0 Å². The van der Waals surface area contributed by atoms with Crippen molar-refractivity contribution in [2.45, 2.75) is 65.3 Å². The number of urea groups is 1. The van der Waals surface area contributed by atoms with Gasteiger partial charge in [0, 0.05) is 25.7 Å². The van der Waals surface area contributed by atoms with E-state index in [1.807, 2.05) is 0 Å². The number of hydrogen-bond donors (Lipinski definition) is 2. The fourth-order valence-electron chi connectivity index (χ4n) is 4.14. The minimum Gasteiger partial charge on any atom is -0.459 e. The number of hydrogen-bond acceptors (Lipinski definition) is 3. The first-order valence-corrected chi connectivity index (χ1v) is 11.1. The second kappa shape index (κ2) is 9.58. The number of carbonyl (C=O) groups excluding carboxylic acids is 2. The van der Waals surface area contributed by atoms with Gasteiger partial charge < -0.3 is 20.0 Å². The third kappa shape index (κ3) is 5.90. The molecule has 0 saturated carbocycles. The lowest BCUT2D eigenvalue weighted by Crippen LogP contribution is -2.49. The average Bonchev–Trinajstić information content (AvgIpc) is 3.24. The molecule has 0 unspecified atom stereocenters. The van der Waals surface area contributed by atoms with E-state index in [1.54, 1.807) is 17.0 Å². The van der Waals surface area contributed by atoms with Gasteiger partial charge in [-0.3, -0.25) is 4.79 Å². The van der Waals surface area contributed by atoms with Crippen molar-refractivity contribution in [1.29, 1.82) is 0 Å². The number of carbonyl (C=O) groups is 2. The van der Waals surface area contributed by atoms with E-state index in [9.17, 15) is 9.59 Å².